The van der Waals surface area contributed by atoms with Crippen molar-refractivity contribution in [2.24, 2.45) is 0 Å². The zero-order chi connectivity index (χ0) is 27.3. The van der Waals surface area contributed by atoms with Crippen molar-refractivity contribution in [2.45, 2.75) is 25.3 Å². The first-order chi connectivity index (χ1) is 18.9. The molecule has 3 aliphatic heterocycles. The Morgan fingerprint density at radius 1 is 0.897 bits per heavy atom. The summed E-state index contributed by atoms with van der Waals surface area (Å²) in [5, 5.41) is 0.709. The average Bonchev–Trinajstić information content (AvgIpc) is 2.97. The van der Waals surface area contributed by atoms with Gasteiger partial charge in [-0.1, -0.05) is 35.9 Å². The number of halogens is 1. The van der Waals surface area contributed by atoms with Gasteiger partial charge >= 0.3 is 0 Å². The van der Waals surface area contributed by atoms with Crippen LogP contribution in [-0.2, 0) is 11.2 Å². The number of ether oxygens (including phenoxy) is 2. The molecule has 0 aromatic heterocycles. The number of carbonyl (C=O) groups excluding carboxylic acids is 2. The molecule has 3 aromatic rings. The third kappa shape index (κ3) is 4.29. The molecular weight excluding hydrogens is 514 g/mol. The van der Waals surface area contributed by atoms with Crippen LogP contribution in [0, 0.1) is 6.92 Å². The number of aryl methyl sites for hydroxylation is 1. The lowest BCUT2D eigenvalue weighted by atomic mass is 9.75. The molecule has 2 amide bonds. The summed E-state index contributed by atoms with van der Waals surface area (Å²) in [5.74, 6) is 0.774. The van der Waals surface area contributed by atoms with Crippen molar-refractivity contribution >= 4 is 29.1 Å². The minimum absolute atomic E-state index is 0.0265. The Hall–Kier alpha value is -3.71. The van der Waals surface area contributed by atoms with Crippen LogP contribution in [0.2, 0.25) is 5.02 Å². The molecule has 0 aliphatic carbocycles. The standard InChI is InChI=1S/C31H32ClN3O4/c1-19-8-9-21(32)17-25(19)33-12-14-34(15-13-33)31(37)28-22-6-4-5-7-23(22)30(36)35-11-10-20-16-26(38-2)27(39-3)18-24(20)29(28)35/h4-9,16-18,28-29H,10-15H2,1-3H3/t28-,29+/m0/s1. The first-order valence-corrected chi connectivity index (χ1v) is 13.7. The molecule has 0 unspecified atom stereocenters. The van der Waals surface area contributed by atoms with Gasteiger partial charge in [-0.3, -0.25) is 9.59 Å². The van der Waals surface area contributed by atoms with Crippen molar-refractivity contribution in [3.05, 3.63) is 87.4 Å². The first-order valence-electron chi connectivity index (χ1n) is 13.4. The van der Waals surface area contributed by atoms with Gasteiger partial charge in [0.25, 0.3) is 5.91 Å². The van der Waals surface area contributed by atoms with Gasteiger partial charge in [0.2, 0.25) is 5.91 Å². The Labute approximate surface area is 233 Å². The topological polar surface area (TPSA) is 62.3 Å². The van der Waals surface area contributed by atoms with Crippen molar-refractivity contribution < 1.29 is 19.1 Å². The molecule has 7 nitrogen and oxygen atoms in total. The van der Waals surface area contributed by atoms with E-state index in [1.807, 2.05) is 64.4 Å². The number of methoxy groups -OCH3 is 2. The fraction of sp³-hybridized carbons (Fsp3) is 0.355. The Morgan fingerprint density at radius 2 is 1.62 bits per heavy atom. The average molecular weight is 546 g/mol. The molecule has 0 saturated carbocycles. The molecule has 39 heavy (non-hydrogen) atoms. The Bertz CT molecular complexity index is 1450. The second-order valence-electron chi connectivity index (χ2n) is 10.4. The van der Waals surface area contributed by atoms with Crippen molar-refractivity contribution in [1.82, 2.24) is 9.80 Å². The molecule has 3 aromatic carbocycles. The summed E-state index contributed by atoms with van der Waals surface area (Å²) in [5.41, 5.74) is 5.72. The van der Waals surface area contributed by atoms with Crippen LogP contribution in [0.4, 0.5) is 5.69 Å². The van der Waals surface area contributed by atoms with Crippen molar-refractivity contribution in [3.63, 3.8) is 0 Å². The molecule has 1 fully saturated rings. The monoisotopic (exact) mass is 545 g/mol. The first kappa shape index (κ1) is 25.6. The SMILES string of the molecule is COc1cc2c(cc1OC)[C@@H]1[C@@H](C(=O)N3CCN(c4cc(Cl)ccc4C)CC3)c3ccccc3C(=O)N1CC2. The third-order valence-corrected chi connectivity index (χ3v) is 8.63. The number of anilines is 1. The van der Waals surface area contributed by atoms with E-state index in [4.69, 9.17) is 21.1 Å². The Morgan fingerprint density at radius 3 is 2.36 bits per heavy atom. The molecule has 8 heteroatoms. The largest absolute Gasteiger partial charge is 0.493 e. The fourth-order valence-corrected chi connectivity index (χ4v) is 6.57. The fourth-order valence-electron chi connectivity index (χ4n) is 6.41. The Balaban J connectivity index is 1.36. The number of piperazine rings is 1. The summed E-state index contributed by atoms with van der Waals surface area (Å²) in [6.07, 6.45) is 0.693. The van der Waals surface area contributed by atoms with Crippen LogP contribution >= 0.6 is 11.6 Å². The smallest absolute Gasteiger partial charge is 0.254 e. The maximum Gasteiger partial charge on any atom is 0.254 e. The van der Waals surface area contributed by atoms with E-state index in [1.54, 1.807) is 14.2 Å². The third-order valence-electron chi connectivity index (χ3n) is 8.39. The highest BCUT2D eigenvalue weighted by Crippen LogP contribution is 2.49. The summed E-state index contributed by atoms with van der Waals surface area (Å²) < 4.78 is 11.2. The summed E-state index contributed by atoms with van der Waals surface area (Å²) in [7, 11) is 3.23. The van der Waals surface area contributed by atoms with Gasteiger partial charge in [-0.15, -0.1) is 0 Å². The number of nitrogens with zero attached hydrogens (tertiary/aromatic N) is 3. The molecule has 1 saturated heterocycles. The van der Waals surface area contributed by atoms with Gasteiger partial charge < -0.3 is 24.2 Å². The van der Waals surface area contributed by atoms with Gasteiger partial charge in [0.05, 0.1) is 26.2 Å². The number of hydrogen-bond acceptors (Lipinski definition) is 5. The number of hydrogen-bond donors (Lipinski definition) is 0. The van der Waals surface area contributed by atoms with E-state index in [2.05, 4.69) is 11.8 Å². The molecule has 0 spiro atoms. The highest BCUT2D eigenvalue weighted by molar-refractivity contribution is 6.30. The van der Waals surface area contributed by atoms with Gasteiger partial charge in [-0.25, -0.2) is 0 Å². The maximum absolute atomic E-state index is 14.4. The van der Waals surface area contributed by atoms with Gasteiger partial charge in [0, 0.05) is 49.0 Å². The van der Waals surface area contributed by atoms with Crippen LogP contribution < -0.4 is 14.4 Å². The normalized spacial score (nSPS) is 20.2. The van der Waals surface area contributed by atoms with Crippen LogP contribution in [0.25, 0.3) is 0 Å². The predicted octanol–water partition coefficient (Wildman–Crippen LogP) is 4.85. The number of fused-ring (bicyclic) bond motifs is 4. The molecule has 202 valence electrons. The highest BCUT2D eigenvalue weighted by atomic mass is 35.5. The second-order valence-corrected chi connectivity index (χ2v) is 10.8. The van der Waals surface area contributed by atoms with E-state index in [1.165, 1.54) is 0 Å². The molecule has 0 N–H and O–H groups in total. The number of rotatable bonds is 4. The zero-order valence-electron chi connectivity index (χ0n) is 22.4. The van der Waals surface area contributed by atoms with Crippen LogP contribution in [0.1, 0.15) is 44.6 Å². The number of amides is 2. The molecule has 0 radical (unpaired) electrons. The summed E-state index contributed by atoms with van der Waals surface area (Å²) in [6, 6.07) is 17.0. The predicted molar refractivity (Wildman–Crippen MR) is 151 cm³/mol. The lowest BCUT2D eigenvalue weighted by Gasteiger charge is -2.47. The van der Waals surface area contributed by atoms with Gasteiger partial charge in [0.1, 0.15) is 0 Å². The summed E-state index contributed by atoms with van der Waals surface area (Å²) in [6.45, 7) is 5.27. The molecule has 3 heterocycles. The van der Waals surface area contributed by atoms with Crippen molar-refractivity contribution in [1.29, 1.82) is 0 Å². The van der Waals surface area contributed by atoms with E-state index < -0.39 is 12.0 Å². The van der Waals surface area contributed by atoms with Crippen LogP contribution in [0.5, 0.6) is 11.5 Å². The van der Waals surface area contributed by atoms with Crippen LogP contribution in [0.3, 0.4) is 0 Å². The van der Waals surface area contributed by atoms with Crippen molar-refractivity contribution in [3.8, 4) is 11.5 Å². The highest BCUT2D eigenvalue weighted by Gasteiger charge is 2.48. The van der Waals surface area contributed by atoms with E-state index in [9.17, 15) is 9.59 Å². The lowest BCUT2D eigenvalue weighted by molar-refractivity contribution is -0.135. The molecule has 0 bridgehead atoms. The quantitative estimate of drug-likeness (QED) is 0.469. The van der Waals surface area contributed by atoms with E-state index in [-0.39, 0.29) is 11.8 Å². The minimum Gasteiger partial charge on any atom is -0.493 e. The molecule has 2 atom stereocenters. The summed E-state index contributed by atoms with van der Waals surface area (Å²) >= 11 is 6.28. The number of carbonyl (C=O) groups is 2. The Kier molecular flexibility index (Phi) is 6.63. The van der Waals surface area contributed by atoms with Crippen molar-refractivity contribution in [2.75, 3.05) is 51.8 Å². The molecule has 6 rings (SSSR count). The van der Waals surface area contributed by atoms with E-state index in [0.29, 0.717) is 48.1 Å². The van der Waals surface area contributed by atoms with Gasteiger partial charge in [-0.2, -0.15) is 0 Å². The van der Waals surface area contributed by atoms with Crippen LogP contribution in [0.15, 0.2) is 54.6 Å². The lowest BCUT2D eigenvalue weighted by Crippen LogP contribution is -2.54. The molecular formula is C31H32ClN3O4. The van der Waals surface area contributed by atoms with Crippen LogP contribution in [-0.4, -0.2) is 68.6 Å². The maximum atomic E-state index is 14.4. The minimum atomic E-state index is -0.504. The zero-order valence-corrected chi connectivity index (χ0v) is 23.2. The molecule has 3 aliphatic rings. The van der Waals surface area contributed by atoms with E-state index in [0.717, 1.165) is 41.0 Å². The van der Waals surface area contributed by atoms with Gasteiger partial charge in [0.15, 0.2) is 11.5 Å². The second kappa shape index (κ2) is 10.1. The van der Waals surface area contributed by atoms with Gasteiger partial charge in [-0.05, 0) is 65.9 Å². The van der Waals surface area contributed by atoms with E-state index >= 15 is 0 Å². The summed E-state index contributed by atoms with van der Waals surface area (Å²) in [4.78, 5) is 34.2. The number of benzene rings is 3.